The van der Waals surface area contributed by atoms with Crippen molar-refractivity contribution in [3.05, 3.63) is 0 Å². The van der Waals surface area contributed by atoms with Gasteiger partial charge in [0.2, 0.25) is 0 Å². The summed E-state index contributed by atoms with van der Waals surface area (Å²) >= 11 is 3.82. The molecule has 0 aromatic rings. The number of carbonyl (C=O) groups excluding carboxylic acids is 1. The monoisotopic (exact) mass is 396 g/mol. The SMILES string of the molecule is O=C(Cl)C(F)(F)C(F)(F)C(F)(F)C(F)(F)C(F)(F)CC(F)(F)F. The second-order valence-corrected chi connectivity index (χ2v) is 4.41. The molecule has 0 amide bonds. The molecule has 15 heteroatoms. The van der Waals surface area contributed by atoms with Crippen LogP contribution >= 0.6 is 11.6 Å². The third-order valence-corrected chi connectivity index (χ3v) is 2.55. The van der Waals surface area contributed by atoms with E-state index in [4.69, 9.17) is 0 Å². The molecule has 0 saturated heterocycles. The Morgan fingerprint density at radius 3 is 1.26 bits per heavy atom. The van der Waals surface area contributed by atoms with Crippen molar-refractivity contribution in [2.75, 3.05) is 0 Å². The highest BCUT2D eigenvalue weighted by Crippen LogP contribution is 2.58. The lowest BCUT2D eigenvalue weighted by atomic mass is 9.93. The fourth-order valence-electron chi connectivity index (χ4n) is 1.11. The minimum atomic E-state index is -7.76. The fraction of sp³-hybridized carbons (Fsp3) is 0.875. The predicted molar refractivity (Wildman–Crippen MR) is 46.3 cm³/mol. The summed E-state index contributed by atoms with van der Waals surface area (Å²) in [4.78, 5) is 9.95. The van der Waals surface area contributed by atoms with Gasteiger partial charge < -0.3 is 0 Å². The molecule has 0 aliphatic heterocycles. The van der Waals surface area contributed by atoms with Crippen molar-refractivity contribution in [3.8, 4) is 0 Å². The van der Waals surface area contributed by atoms with E-state index in [2.05, 4.69) is 11.6 Å². The third-order valence-electron chi connectivity index (χ3n) is 2.31. The van der Waals surface area contributed by atoms with E-state index in [1.54, 1.807) is 0 Å². The van der Waals surface area contributed by atoms with Gasteiger partial charge >= 0.3 is 35.8 Å². The minimum Gasteiger partial charge on any atom is -0.274 e. The molecule has 0 radical (unpaired) electrons. The zero-order chi connectivity index (χ0) is 19.3. The average molecular weight is 397 g/mol. The first kappa shape index (κ1) is 22.1. The lowest BCUT2D eigenvalue weighted by Crippen LogP contribution is -2.68. The van der Waals surface area contributed by atoms with E-state index >= 15 is 0 Å². The first-order chi connectivity index (χ1) is 9.65. The van der Waals surface area contributed by atoms with Crippen LogP contribution in [-0.4, -0.2) is 41.0 Å². The molecule has 0 aromatic heterocycles. The minimum absolute atomic E-state index is 3.61. The Morgan fingerprint density at radius 2 is 1.00 bits per heavy atom. The van der Waals surface area contributed by atoms with Gasteiger partial charge in [-0.3, -0.25) is 4.79 Å². The second-order valence-electron chi connectivity index (χ2n) is 4.07. The Kier molecular flexibility index (Phi) is 5.32. The maximum atomic E-state index is 12.9. The van der Waals surface area contributed by atoms with Crippen LogP contribution in [0.25, 0.3) is 0 Å². The molecule has 0 bridgehead atoms. The largest absolute Gasteiger partial charge is 0.395 e. The zero-order valence-electron chi connectivity index (χ0n) is 9.91. The zero-order valence-corrected chi connectivity index (χ0v) is 10.7. The lowest BCUT2D eigenvalue weighted by Gasteiger charge is -2.38. The van der Waals surface area contributed by atoms with Crippen molar-refractivity contribution >= 4 is 16.8 Å². The van der Waals surface area contributed by atoms with Gasteiger partial charge in [-0.1, -0.05) is 0 Å². The van der Waals surface area contributed by atoms with Gasteiger partial charge in [-0.05, 0) is 11.6 Å². The number of halogens is 14. The molecule has 0 aliphatic carbocycles. The molecule has 0 aliphatic rings. The highest BCUT2D eigenvalue weighted by molar-refractivity contribution is 6.65. The second kappa shape index (κ2) is 5.55. The average Bonchev–Trinajstić information content (AvgIpc) is 2.24. The quantitative estimate of drug-likeness (QED) is 0.462. The first-order valence-electron chi connectivity index (χ1n) is 4.81. The number of hydrogen-bond donors (Lipinski definition) is 0. The van der Waals surface area contributed by atoms with E-state index in [0.717, 1.165) is 0 Å². The van der Waals surface area contributed by atoms with Gasteiger partial charge in [0.05, 0.1) is 0 Å². The Labute approximate surface area is 122 Å². The van der Waals surface area contributed by atoms with Gasteiger partial charge in [0, 0.05) is 0 Å². The summed E-state index contributed by atoms with van der Waals surface area (Å²) in [7, 11) is 0. The number of carbonyl (C=O) groups is 1. The van der Waals surface area contributed by atoms with Crippen molar-refractivity contribution in [1.29, 1.82) is 0 Å². The summed E-state index contributed by atoms with van der Waals surface area (Å²) < 4.78 is 162. The van der Waals surface area contributed by atoms with Crippen LogP contribution in [0.2, 0.25) is 0 Å². The number of alkyl halides is 13. The van der Waals surface area contributed by atoms with E-state index in [-0.39, 0.29) is 0 Å². The molecular formula is C8H2ClF13O. The van der Waals surface area contributed by atoms with E-state index in [9.17, 15) is 61.9 Å². The Morgan fingerprint density at radius 1 is 0.652 bits per heavy atom. The maximum absolute atomic E-state index is 12.9. The van der Waals surface area contributed by atoms with Gasteiger partial charge in [0.1, 0.15) is 6.42 Å². The van der Waals surface area contributed by atoms with Crippen molar-refractivity contribution < 1.29 is 61.9 Å². The molecular weight excluding hydrogens is 395 g/mol. The first-order valence-corrected chi connectivity index (χ1v) is 5.18. The van der Waals surface area contributed by atoms with Crippen LogP contribution < -0.4 is 0 Å². The molecule has 138 valence electrons. The molecule has 0 N–H and O–H groups in total. The van der Waals surface area contributed by atoms with Gasteiger partial charge in [0.25, 0.3) is 5.24 Å². The molecule has 0 rings (SSSR count). The molecule has 0 spiro atoms. The summed E-state index contributed by atoms with van der Waals surface area (Å²) in [6.45, 7) is 0. The van der Waals surface area contributed by atoms with Crippen LogP contribution in [-0.2, 0) is 4.79 Å². The number of rotatable bonds is 6. The van der Waals surface area contributed by atoms with Crippen molar-refractivity contribution in [1.82, 2.24) is 0 Å². The van der Waals surface area contributed by atoms with Crippen molar-refractivity contribution in [3.63, 3.8) is 0 Å². The molecule has 0 saturated carbocycles. The highest BCUT2D eigenvalue weighted by Gasteiger charge is 2.87. The topological polar surface area (TPSA) is 17.1 Å². The van der Waals surface area contributed by atoms with Crippen LogP contribution in [0.4, 0.5) is 57.1 Å². The van der Waals surface area contributed by atoms with Crippen LogP contribution in [0.1, 0.15) is 6.42 Å². The normalized spacial score (nSPS) is 15.7. The molecule has 0 aromatic carbocycles. The summed E-state index contributed by atoms with van der Waals surface area (Å²) in [6.07, 6.45) is -10.2. The molecule has 23 heavy (non-hydrogen) atoms. The Balaban J connectivity index is 6.12. The van der Waals surface area contributed by atoms with E-state index in [1.807, 2.05) is 0 Å². The van der Waals surface area contributed by atoms with Gasteiger partial charge in [-0.25, -0.2) is 0 Å². The van der Waals surface area contributed by atoms with E-state index in [1.165, 1.54) is 0 Å². The fourth-order valence-corrected chi connectivity index (χ4v) is 1.23. The van der Waals surface area contributed by atoms with Gasteiger partial charge in [-0.2, -0.15) is 57.1 Å². The maximum Gasteiger partial charge on any atom is 0.395 e. The van der Waals surface area contributed by atoms with Gasteiger partial charge in [-0.15, -0.1) is 0 Å². The molecule has 1 nitrogen and oxygen atoms in total. The van der Waals surface area contributed by atoms with Crippen LogP contribution in [0, 0.1) is 0 Å². The third kappa shape index (κ3) is 3.45. The van der Waals surface area contributed by atoms with Crippen LogP contribution in [0.5, 0.6) is 0 Å². The summed E-state index contributed by atoms with van der Waals surface area (Å²) in [5.74, 6) is -36.5. The Hall–Kier alpha value is -0.950. The van der Waals surface area contributed by atoms with Crippen molar-refractivity contribution in [2.45, 2.75) is 42.2 Å². The summed E-state index contributed by atoms with van der Waals surface area (Å²) in [6, 6.07) is 0. The molecule has 0 unspecified atom stereocenters. The smallest absolute Gasteiger partial charge is 0.274 e. The molecule has 0 atom stereocenters. The van der Waals surface area contributed by atoms with Gasteiger partial charge in [0.15, 0.2) is 0 Å². The standard InChI is InChI=1S/C8H2ClF13O/c9-2(23)5(15,16)7(19,20)8(21,22)6(17,18)3(10,11)1-4(12,13)14/h1H2. The van der Waals surface area contributed by atoms with Crippen LogP contribution in [0.3, 0.4) is 0 Å². The summed E-state index contributed by atoms with van der Waals surface area (Å²) in [5, 5.41) is -3.61. The molecule has 0 heterocycles. The summed E-state index contributed by atoms with van der Waals surface area (Å²) in [5.41, 5.74) is 0. The van der Waals surface area contributed by atoms with E-state index < -0.39 is 47.5 Å². The molecule has 0 fully saturated rings. The predicted octanol–water partition coefficient (Wildman–Crippen LogP) is 4.88. The van der Waals surface area contributed by atoms with Crippen molar-refractivity contribution in [2.24, 2.45) is 0 Å². The van der Waals surface area contributed by atoms with Crippen LogP contribution in [0.15, 0.2) is 0 Å². The highest BCUT2D eigenvalue weighted by atomic mass is 35.5. The Bertz CT molecular complexity index is 465. The number of hydrogen-bond acceptors (Lipinski definition) is 1. The lowest BCUT2D eigenvalue weighted by molar-refractivity contribution is -0.401. The van der Waals surface area contributed by atoms with E-state index in [0.29, 0.717) is 0 Å².